The van der Waals surface area contributed by atoms with Gasteiger partial charge in [0.2, 0.25) is 5.91 Å². The van der Waals surface area contributed by atoms with Gasteiger partial charge in [-0.2, -0.15) is 0 Å². The maximum absolute atomic E-state index is 13.0. The molecule has 33 heavy (non-hydrogen) atoms. The van der Waals surface area contributed by atoms with Gasteiger partial charge in [-0.1, -0.05) is 44.7 Å². The Morgan fingerprint density at radius 2 is 1.97 bits per heavy atom. The van der Waals surface area contributed by atoms with Gasteiger partial charge in [-0.05, 0) is 57.2 Å². The number of hydrogen-bond acceptors (Lipinski definition) is 4. The number of ether oxygens (including phenoxy) is 1. The number of amides is 3. The second kappa shape index (κ2) is 11.3. The molecule has 2 N–H and O–H groups in total. The van der Waals surface area contributed by atoms with Crippen LogP contribution in [0.5, 0.6) is 0 Å². The Kier molecular flexibility index (Phi) is 8.53. The molecule has 0 radical (unpaired) electrons. The van der Waals surface area contributed by atoms with Gasteiger partial charge in [0.25, 0.3) is 0 Å². The Morgan fingerprint density at radius 3 is 2.64 bits per heavy atom. The maximum atomic E-state index is 13.0. The van der Waals surface area contributed by atoms with Crippen molar-refractivity contribution in [2.24, 2.45) is 5.92 Å². The lowest BCUT2D eigenvalue weighted by atomic mass is 9.94. The minimum absolute atomic E-state index is 0.00739. The third kappa shape index (κ3) is 6.36. The minimum Gasteiger partial charge on any atom is -0.459 e. The van der Waals surface area contributed by atoms with Crippen LogP contribution < -0.4 is 10.6 Å². The van der Waals surface area contributed by atoms with Crippen LogP contribution >= 0.6 is 0 Å². The molecule has 1 aliphatic heterocycles. The van der Waals surface area contributed by atoms with E-state index in [0.717, 1.165) is 18.4 Å². The molecule has 2 aliphatic rings. The second-order valence-corrected chi connectivity index (χ2v) is 9.35. The lowest BCUT2D eigenvalue weighted by molar-refractivity contribution is -0.143. The van der Waals surface area contributed by atoms with Crippen LogP contribution in [0, 0.1) is 5.92 Å². The highest BCUT2D eigenvalue weighted by Crippen LogP contribution is 2.33. The van der Waals surface area contributed by atoms with Crippen LogP contribution in [0.4, 0.5) is 10.5 Å². The molecule has 0 unspecified atom stereocenters. The van der Waals surface area contributed by atoms with Crippen molar-refractivity contribution in [2.75, 3.05) is 11.9 Å². The molecule has 0 saturated heterocycles. The van der Waals surface area contributed by atoms with Crippen molar-refractivity contribution in [1.82, 2.24) is 10.2 Å². The summed E-state index contributed by atoms with van der Waals surface area (Å²) < 4.78 is 5.50. The number of nitrogens with zero attached hydrogens (tertiary/aromatic N) is 1. The van der Waals surface area contributed by atoms with Crippen molar-refractivity contribution in [2.45, 2.75) is 84.8 Å². The molecular formula is C26H37N3O4. The van der Waals surface area contributed by atoms with Crippen LogP contribution in [0.15, 0.2) is 35.5 Å². The van der Waals surface area contributed by atoms with E-state index in [1.165, 1.54) is 25.7 Å². The Balaban J connectivity index is 1.81. The number of rotatable bonds is 9. The normalized spacial score (nSPS) is 19.1. The molecule has 0 aromatic heterocycles. The second-order valence-electron chi connectivity index (χ2n) is 9.35. The Morgan fingerprint density at radius 1 is 1.24 bits per heavy atom. The van der Waals surface area contributed by atoms with Gasteiger partial charge in [0.1, 0.15) is 0 Å². The molecule has 1 aliphatic carbocycles. The summed E-state index contributed by atoms with van der Waals surface area (Å²) in [5.41, 5.74) is 2.40. The largest absolute Gasteiger partial charge is 0.459 e. The summed E-state index contributed by atoms with van der Waals surface area (Å²) >= 11 is 0. The van der Waals surface area contributed by atoms with Gasteiger partial charge < -0.3 is 15.4 Å². The van der Waals surface area contributed by atoms with E-state index in [2.05, 4.69) is 10.6 Å². The molecular weight excluding hydrogens is 418 g/mol. The van der Waals surface area contributed by atoms with Crippen molar-refractivity contribution in [3.8, 4) is 0 Å². The summed E-state index contributed by atoms with van der Waals surface area (Å²) in [6.45, 7) is 7.88. The van der Waals surface area contributed by atoms with Crippen molar-refractivity contribution >= 4 is 23.6 Å². The van der Waals surface area contributed by atoms with Gasteiger partial charge in [-0.25, -0.2) is 9.59 Å². The highest BCUT2D eigenvalue weighted by Gasteiger charge is 2.36. The molecule has 180 valence electrons. The van der Waals surface area contributed by atoms with E-state index >= 15 is 0 Å². The summed E-state index contributed by atoms with van der Waals surface area (Å²) in [5.74, 6) is 0.208. The van der Waals surface area contributed by atoms with Crippen LogP contribution in [0.2, 0.25) is 0 Å². The molecule has 1 fully saturated rings. The van der Waals surface area contributed by atoms with Crippen LogP contribution in [-0.4, -0.2) is 35.5 Å². The summed E-state index contributed by atoms with van der Waals surface area (Å²) in [4.78, 5) is 39.9. The van der Waals surface area contributed by atoms with E-state index in [4.69, 9.17) is 4.74 Å². The van der Waals surface area contributed by atoms with Gasteiger partial charge in [0.05, 0.1) is 17.7 Å². The minimum atomic E-state index is -0.646. The monoisotopic (exact) mass is 455 g/mol. The Hall–Kier alpha value is -2.83. The fraction of sp³-hybridized carbons (Fsp3) is 0.577. The van der Waals surface area contributed by atoms with E-state index in [1.807, 2.05) is 31.2 Å². The Labute approximate surface area is 196 Å². The van der Waals surface area contributed by atoms with Gasteiger partial charge in [-0.3, -0.25) is 9.69 Å². The van der Waals surface area contributed by atoms with Crippen molar-refractivity contribution in [3.05, 3.63) is 41.1 Å². The standard InChI is InChI=1S/C26H37N3O4/c1-5-15-29-18(4)23(25(31)33-17(2)3)24(28-26(29)32)20-11-8-12-21(16-20)27-22(30)14-13-19-9-6-7-10-19/h8,11-12,16-17,19,24H,5-7,9-10,13-15H2,1-4H3,(H,27,30)(H,28,32)/t24-/m1/s1. The zero-order valence-electron chi connectivity index (χ0n) is 20.3. The predicted molar refractivity (Wildman–Crippen MR) is 128 cm³/mol. The SMILES string of the molecule is CCCN1C(=O)N[C@H](c2cccc(NC(=O)CCC3CCCC3)c2)C(C(=O)OC(C)C)=C1C. The van der Waals surface area contributed by atoms with E-state index in [1.54, 1.807) is 25.7 Å². The summed E-state index contributed by atoms with van der Waals surface area (Å²) in [6.07, 6.45) is 6.90. The zero-order chi connectivity index (χ0) is 24.0. The lowest BCUT2D eigenvalue weighted by Crippen LogP contribution is -2.48. The summed E-state index contributed by atoms with van der Waals surface area (Å²) in [7, 11) is 0. The van der Waals surface area contributed by atoms with Crippen LogP contribution in [0.3, 0.4) is 0 Å². The summed E-state index contributed by atoms with van der Waals surface area (Å²) in [6, 6.07) is 6.44. The number of esters is 1. The average Bonchev–Trinajstić information content (AvgIpc) is 3.28. The van der Waals surface area contributed by atoms with Crippen LogP contribution in [-0.2, 0) is 14.3 Å². The van der Waals surface area contributed by atoms with Gasteiger partial charge >= 0.3 is 12.0 Å². The van der Waals surface area contributed by atoms with Crippen molar-refractivity contribution < 1.29 is 19.1 Å². The number of benzene rings is 1. The number of allylic oxidation sites excluding steroid dienone is 1. The number of urea groups is 1. The topological polar surface area (TPSA) is 87.7 Å². The quantitative estimate of drug-likeness (QED) is 0.495. The first kappa shape index (κ1) is 24.8. The first-order valence-corrected chi connectivity index (χ1v) is 12.2. The number of carbonyl (C=O) groups is 3. The third-order valence-corrected chi connectivity index (χ3v) is 6.36. The van der Waals surface area contributed by atoms with Crippen molar-refractivity contribution in [1.29, 1.82) is 0 Å². The zero-order valence-corrected chi connectivity index (χ0v) is 20.3. The van der Waals surface area contributed by atoms with E-state index in [0.29, 0.717) is 35.8 Å². The molecule has 7 nitrogen and oxygen atoms in total. The fourth-order valence-corrected chi connectivity index (χ4v) is 4.72. The third-order valence-electron chi connectivity index (χ3n) is 6.36. The number of anilines is 1. The smallest absolute Gasteiger partial charge is 0.338 e. The molecule has 1 aromatic rings. The molecule has 0 bridgehead atoms. The molecule has 3 amide bonds. The number of nitrogens with one attached hydrogen (secondary N) is 2. The molecule has 0 spiro atoms. The maximum Gasteiger partial charge on any atom is 0.338 e. The first-order chi connectivity index (χ1) is 15.8. The van der Waals surface area contributed by atoms with Crippen molar-refractivity contribution in [3.63, 3.8) is 0 Å². The van der Waals surface area contributed by atoms with Crippen LogP contribution in [0.25, 0.3) is 0 Å². The first-order valence-electron chi connectivity index (χ1n) is 12.2. The molecule has 1 heterocycles. The van der Waals surface area contributed by atoms with E-state index in [9.17, 15) is 14.4 Å². The highest BCUT2D eigenvalue weighted by molar-refractivity contribution is 5.95. The lowest BCUT2D eigenvalue weighted by Gasteiger charge is -2.35. The average molecular weight is 456 g/mol. The van der Waals surface area contributed by atoms with Gasteiger partial charge in [-0.15, -0.1) is 0 Å². The molecule has 1 aromatic carbocycles. The Bertz CT molecular complexity index is 903. The fourth-order valence-electron chi connectivity index (χ4n) is 4.72. The summed E-state index contributed by atoms with van der Waals surface area (Å²) in [5, 5.41) is 5.94. The molecule has 1 atom stereocenters. The number of carbonyl (C=O) groups excluding carboxylic acids is 3. The molecule has 3 rings (SSSR count). The van der Waals surface area contributed by atoms with E-state index in [-0.39, 0.29) is 18.0 Å². The number of hydrogen-bond donors (Lipinski definition) is 2. The molecule has 7 heteroatoms. The van der Waals surface area contributed by atoms with Gasteiger partial charge in [0, 0.05) is 24.4 Å². The highest BCUT2D eigenvalue weighted by atomic mass is 16.5. The van der Waals surface area contributed by atoms with Gasteiger partial charge in [0.15, 0.2) is 0 Å². The van der Waals surface area contributed by atoms with E-state index < -0.39 is 12.0 Å². The predicted octanol–water partition coefficient (Wildman–Crippen LogP) is 5.30. The molecule has 1 saturated carbocycles. The van der Waals surface area contributed by atoms with Crippen LogP contribution in [0.1, 0.15) is 84.2 Å².